The molecule has 0 bridgehead atoms. The van der Waals surface area contributed by atoms with Crippen molar-refractivity contribution >= 4 is 17.0 Å². The third-order valence-electron chi connectivity index (χ3n) is 1.74. The van der Waals surface area contributed by atoms with E-state index in [-0.39, 0.29) is 0 Å². The molecule has 0 saturated heterocycles. The first-order chi connectivity index (χ1) is 6.40. The van der Waals surface area contributed by atoms with Crippen LogP contribution in [0.3, 0.4) is 0 Å². The first-order valence-corrected chi connectivity index (χ1v) is 3.77. The number of aliphatic imine (C=N–C) groups is 1. The highest BCUT2D eigenvalue weighted by Crippen LogP contribution is 2.15. The number of aromatic nitrogens is 1. The largest absolute Gasteiger partial charge is 0.356 e. The van der Waals surface area contributed by atoms with Crippen molar-refractivity contribution in [3.05, 3.63) is 30.0 Å². The van der Waals surface area contributed by atoms with Gasteiger partial charge in [-0.15, -0.1) is 0 Å². The summed E-state index contributed by atoms with van der Waals surface area (Å²) >= 11 is 0. The lowest BCUT2D eigenvalue weighted by Crippen LogP contribution is -1.79. The summed E-state index contributed by atoms with van der Waals surface area (Å²) < 4.78 is 4.92. The molecule has 64 valence electrons. The van der Waals surface area contributed by atoms with Crippen LogP contribution in [0.15, 0.2) is 33.9 Å². The van der Waals surface area contributed by atoms with E-state index in [9.17, 15) is 4.79 Å². The molecule has 4 heteroatoms. The molecule has 13 heavy (non-hydrogen) atoms. The fourth-order valence-corrected chi connectivity index (χ4v) is 1.14. The van der Waals surface area contributed by atoms with Gasteiger partial charge in [-0.05, 0) is 17.7 Å². The summed E-state index contributed by atoms with van der Waals surface area (Å²) in [4.78, 5) is 13.3. The molecule has 4 nitrogen and oxygen atoms in total. The van der Waals surface area contributed by atoms with Crippen molar-refractivity contribution in [2.45, 2.75) is 6.54 Å². The first-order valence-electron chi connectivity index (χ1n) is 3.77. The molecular weight excluding hydrogens is 168 g/mol. The van der Waals surface area contributed by atoms with Crippen LogP contribution in [0.4, 0.5) is 0 Å². The molecule has 2 aromatic rings. The summed E-state index contributed by atoms with van der Waals surface area (Å²) in [5.74, 6) is 0. The summed E-state index contributed by atoms with van der Waals surface area (Å²) in [6, 6.07) is 5.53. The molecule has 0 aliphatic rings. The Balaban J connectivity index is 2.42. The van der Waals surface area contributed by atoms with Crippen molar-refractivity contribution in [3.8, 4) is 0 Å². The minimum Gasteiger partial charge on any atom is -0.356 e. The van der Waals surface area contributed by atoms with E-state index in [1.807, 2.05) is 12.1 Å². The summed E-state index contributed by atoms with van der Waals surface area (Å²) in [6.45, 7) is 0.352. The molecule has 1 aromatic carbocycles. The Kier molecular flexibility index (Phi) is 1.90. The lowest BCUT2D eigenvalue weighted by molar-refractivity contribution is 0.456. The van der Waals surface area contributed by atoms with E-state index >= 15 is 0 Å². The van der Waals surface area contributed by atoms with Crippen LogP contribution in [-0.4, -0.2) is 11.2 Å². The van der Waals surface area contributed by atoms with Crippen molar-refractivity contribution < 1.29 is 9.32 Å². The van der Waals surface area contributed by atoms with Crippen molar-refractivity contribution in [2.24, 2.45) is 4.99 Å². The summed E-state index contributed by atoms with van der Waals surface area (Å²) in [6.07, 6.45) is 3.12. The van der Waals surface area contributed by atoms with Crippen LogP contribution in [0.25, 0.3) is 11.0 Å². The van der Waals surface area contributed by atoms with Crippen molar-refractivity contribution in [1.82, 2.24) is 5.16 Å². The number of benzene rings is 1. The first kappa shape index (κ1) is 7.71. The molecular formula is C9H6N2O2. The van der Waals surface area contributed by atoms with Crippen molar-refractivity contribution in [3.63, 3.8) is 0 Å². The van der Waals surface area contributed by atoms with Crippen LogP contribution in [-0.2, 0) is 11.3 Å². The van der Waals surface area contributed by atoms with Gasteiger partial charge in [0.1, 0.15) is 0 Å². The molecule has 0 unspecified atom stereocenters. The fourth-order valence-electron chi connectivity index (χ4n) is 1.14. The summed E-state index contributed by atoms with van der Waals surface area (Å²) in [5.41, 5.74) is 1.68. The molecule has 0 aliphatic heterocycles. The highest BCUT2D eigenvalue weighted by molar-refractivity contribution is 5.76. The summed E-state index contributed by atoms with van der Waals surface area (Å²) in [7, 11) is 0. The zero-order chi connectivity index (χ0) is 9.10. The Morgan fingerprint density at radius 2 is 2.46 bits per heavy atom. The van der Waals surface area contributed by atoms with Gasteiger partial charge in [0.25, 0.3) is 0 Å². The van der Waals surface area contributed by atoms with E-state index in [0.717, 1.165) is 16.5 Å². The van der Waals surface area contributed by atoms with Gasteiger partial charge in [-0.3, -0.25) is 0 Å². The lowest BCUT2D eigenvalue weighted by Gasteiger charge is -1.92. The topological polar surface area (TPSA) is 55.5 Å². The maximum Gasteiger partial charge on any atom is 0.235 e. The molecule has 0 amide bonds. The third kappa shape index (κ3) is 1.48. The van der Waals surface area contributed by atoms with Crippen LogP contribution >= 0.6 is 0 Å². The molecule has 0 fully saturated rings. The predicted octanol–water partition coefficient (Wildman–Crippen LogP) is 1.66. The molecule has 2 rings (SSSR count). The fraction of sp³-hybridized carbons (Fsp3) is 0.111. The van der Waals surface area contributed by atoms with Gasteiger partial charge < -0.3 is 4.52 Å². The van der Waals surface area contributed by atoms with Crippen LogP contribution in [0.2, 0.25) is 0 Å². The van der Waals surface area contributed by atoms with Crippen LogP contribution < -0.4 is 0 Å². The van der Waals surface area contributed by atoms with Crippen LogP contribution in [0, 0.1) is 0 Å². The SMILES string of the molecule is O=C=NCc1ccc2oncc2c1. The van der Waals surface area contributed by atoms with E-state index in [0.29, 0.717) is 6.54 Å². The second kappa shape index (κ2) is 3.21. The number of hydrogen-bond donors (Lipinski definition) is 0. The van der Waals surface area contributed by atoms with Gasteiger partial charge in [-0.2, -0.15) is 0 Å². The Morgan fingerprint density at radius 3 is 3.31 bits per heavy atom. The number of carbonyl (C=O) groups excluding carboxylic acids is 1. The molecule has 0 spiro atoms. The number of isocyanates is 1. The van der Waals surface area contributed by atoms with Gasteiger partial charge in [0.2, 0.25) is 6.08 Å². The lowest BCUT2D eigenvalue weighted by atomic mass is 10.2. The van der Waals surface area contributed by atoms with E-state index in [2.05, 4.69) is 10.1 Å². The maximum atomic E-state index is 9.87. The van der Waals surface area contributed by atoms with E-state index in [4.69, 9.17) is 4.52 Å². The Labute approximate surface area is 73.9 Å². The second-order valence-electron chi connectivity index (χ2n) is 2.61. The zero-order valence-electron chi connectivity index (χ0n) is 6.73. The predicted molar refractivity (Wildman–Crippen MR) is 45.8 cm³/mol. The molecule has 0 radical (unpaired) electrons. The van der Waals surface area contributed by atoms with E-state index < -0.39 is 0 Å². The zero-order valence-corrected chi connectivity index (χ0v) is 6.73. The van der Waals surface area contributed by atoms with Crippen molar-refractivity contribution in [1.29, 1.82) is 0 Å². The second-order valence-corrected chi connectivity index (χ2v) is 2.61. The van der Waals surface area contributed by atoms with Crippen molar-refractivity contribution in [2.75, 3.05) is 0 Å². The standard InChI is InChI=1S/C9H6N2O2/c12-6-10-4-7-1-2-9-8(3-7)5-11-13-9/h1-3,5H,4H2. The smallest absolute Gasteiger partial charge is 0.235 e. The third-order valence-corrected chi connectivity index (χ3v) is 1.74. The molecule has 0 aliphatic carbocycles. The maximum absolute atomic E-state index is 9.87. The highest BCUT2D eigenvalue weighted by atomic mass is 16.5. The molecule has 1 heterocycles. The number of rotatable bonds is 2. The van der Waals surface area contributed by atoms with Crippen LogP contribution in [0.5, 0.6) is 0 Å². The Bertz CT molecular complexity index is 469. The van der Waals surface area contributed by atoms with Crippen LogP contribution in [0.1, 0.15) is 5.56 Å². The minimum atomic E-state index is 0.352. The molecule has 0 N–H and O–H groups in total. The van der Waals surface area contributed by atoms with Gasteiger partial charge in [0.05, 0.1) is 12.7 Å². The Morgan fingerprint density at radius 1 is 1.54 bits per heavy atom. The van der Waals surface area contributed by atoms with Gasteiger partial charge in [0.15, 0.2) is 5.58 Å². The van der Waals surface area contributed by atoms with E-state index in [1.54, 1.807) is 12.3 Å². The number of hydrogen-bond acceptors (Lipinski definition) is 4. The molecule has 1 aromatic heterocycles. The average molecular weight is 174 g/mol. The number of nitrogens with zero attached hydrogens (tertiary/aromatic N) is 2. The summed E-state index contributed by atoms with van der Waals surface area (Å²) in [5, 5.41) is 4.56. The van der Waals surface area contributed by atoms with E-state index in [1.165, 1.54) is 6.08 Å². The molecule has 0 atom stereocenters. The minimum absolute atomic E-state index is 0.352. The van der Waals surface area contributed by atoms with Gasteiger partial charge in [-0.1, -0.05) is 11.2 Å². The quantitative estimate of drug-likeness (QED) is 0.514. The average Bonchev–Trinajstić information content (AvgIpc) is 2.61. The van der Waals surface area contributed by atoms with Gasteiger partial charge >= 0.3 is 0 Å². The normalized spacial score (nSPS) is 9.85. The van der Waals surface area contributed by atoms with Gasteiger partial charge in [-0.25, -0.2) is 9.79 Å². The van der Waals surface area contributed by atoms with Gasteiger partial charge in [0, 0.05) is 5.39 Å². The Hall–Kier alpha value is -1.93. The number of fused-ring (bicyclic) bond motifs is 1. The monoisotopic (exact) mass is 174 g/mol. The molecule has 0 saturated carbocycles. The highest BCUT2D eigenvalue weighted by Gasteiger charge is 1.98.